The van der Waals surface area contributed by atoms with Gasteiger partial charge in [0.2, 0.25) is 0 Å². The molecule has 0 bridgehead atoms. The van der Waals surface area contributed by atoms with Crippen molar-refractivity contribution in [1.29, 1.82) is 0 Å². The summed E-state index contributed by atoms with van der Waals surface area (Å²) in [4.78, 5) is 9.00. The van der Waals surface area contributed by atoms with Crippen LogP contribution in [0.3, 0.4) is 0 Å². The van der Waals surface area contributed by atoms with Gasteiger partial charge in [0.1, 0.15) is 0 Å². The van der Waals surface area contributed by atoms with Crippen LogP contribution >= 0.6 is 0 Å². The molecule has 1 rings (SSSR count). The first-order valence-electron chi connectivity index (χ1n) is 5.49. The van der Waals surface area contributed by atoms with Crippen molar-refractivity contribution in [2.24, 2.45) is 5.92 Å². The molecule has 0 aliphatic rings. The van der Waals surface area contributed by atoms with E-state index in [1.54, 1.807) is 0 Å². The Morgan fingerprint density at radius 3 is 2.18 bits per heavy atom. The zero-order valence-corrected chi connectivity index (χ0v) is 12.2. The summed E-state index contributed by atoms with van der Waals surface area (Å²) in [5.41, 5.74) is 0. The standard InChI is InChI=1S/C11H16OSe.C2H4O2/c1-9(2)11(12)8-13-10-6-4-3-5-7-10;1-2(3)4/h3-7,9,11-12H,8H2,1-2H3;1H3,(H,3,4). The summed E-state index contributed by atoms with van der Waals surface area (Å²) in [6, 6.07) is 10.4. The number of aliphatic hydroxyl groups excluding tert-OH is 1. The maximum absolute atomic E-state index is 9.60. The van der Waals surface area contributed by atoms with Gasteiger partial charge in [-0.25, -0.2) is 0 Å². The van der Waals surface area contributed by atoms with Crippen molar-refractivity contribution in [2.45, 2.75) is 32.2 Å². The summed E-state index contributed by atoms with van der Waals surface area (Å²) in [5.74, 6) is -0.453. The van der Waals surface area contributed by atoms with Crippen LogP contribution in [-0.4, -0.2) is 37.2 Å². The summed E-state index contributed by atoms with van der Waals surface area (Å²) in [6.45, 7) is 5.21. The predicted molar refractivity (Wildman–Crippen MR) is 70.8 cm³/mol. The minimum absolute atomic E-state index is 0.139. The minimum atomic E-state index is -0.833. The molecular weight excluding hydrogens is 283 g/mol. The zero-order chi connectivity index (χ0) is 13.3. The van der Waals surface area contributed by atoms with Gasteiger partial charge in [-0.1, -0.05) is 0 Å². The molecule has 4 heteroatoms. The van der Waals surface area contributed by atoms with E-state index in [-0.39, 0.29) is 6.10 Å². The average molecular weight is 303 g/mol. The van der Waals surface area contributed by atoms with Gasteiger partial charge in [-0.05, 0) is 0 Å². The van der Waals surface area contributed by atoms with Gasteiger partial charge < -0.3 is 5.11 Å². The van der Waals surface area contributed by atoms with Gasteiger partial charge in [0.25, 0.3) is 5.97 Å². The van der Waals surface area contributed by atoms with Crippen LogP contribution in [0, 0.1) is 5.92 Å². The van der Waals surface area contributed by atoms with E-state index in [1.165, 1.54) is 4.46 Å². The molecule has 2 N–H and O–H groups in total. The molecule has 0 heterocycles. The Balaban J connectivity index is 0.000000557. The van der Waals surface area contributed by atoms with E-state index in [9.17, 15) is 5.11 Å². The van der Waals surface area contributed by atoms with E-state index in [2.05, 4.69) is 38.1 Å². The second-order valence-corrected chi connectivity index (χ2v) is 6.25. The number of hydrogen-bond acceptors (Lipinski definition) is 2. The van der Waals surface area contributed by atoms with E-state index < -0.39 is 5.97 Å². The molecule has 1 aromatic carbocycles. The molecule has 0 aromatic heterocycles. The third kappa shape index (κ3) is 10.1. The van der Waals surface area contributed by atoms with Gasteiger partial charge >= 0.3 is 86.0 Å². The van der Waals surface area contributed by atoms with Gasteiger partial charge in [-0.3, -0.25) is 4.79 Å². The number of carboxylic acids is 1. The molecule has 96 valence electrons. The van der Waals surface area contributed by atoms with Gasteiger partial charge in [-0.15, -0.1) is 0 Å². The molecule has 1 aromatic rings. The fraction of sp³-hybridized carbons (Fsp3) is 0.462. The van der Waals surface area contributed by atoms with Crippen molar-refractivity contribution in [3.05, 3.63) is 30.3 Å². The molecule has 0 fully saturated rings. The Hall–Kier alpha value is -0.831. The van der Waals surface area contributed by atoms with Crippen molar-refractivity contribution in [2.75, 3.05) is 0 Å². The third-order valence-electron chi connectivity index (χ3n) is 1.93. The summed E-state index contributed by atoms with van der Waals surface area (Å²) in [7, 11) is 0. The second kappa shape index (κ2) is 9.23. The molecule has 0 aliphatic carbocycles. The van der Waals surface area contributed by atoms with Gasteiger partial charge in [0.15, 0.2) is 0 Å². The first kappa shape index (κ1) is 16.2. The summed E-state index contributed by atoms with van der Waals surface area (Å²) in [6.07, 6.45) is -0.139. The van der Waals surface area contributed by atoms with Crippen molar-refractivity contribution in [1.82, 2.24) is 0 Å². The molecule has 3 nitrogen and oxygen atoms in total. The normalized spacial score (nSPS) is 11.6. The molecule has 0 saturated heterocycles. The van der Waals surface area contributed by atoms with Crippen LogP contribution in [0.4, 0.5) is 0 Å². The average Bonchev–Trinajstić information content (AvgIpc) is 2.26. The topological polar surface area (TPSA) is 57.5 Å². The van der Waals surface area contributed by atoms with E-state index in [4.69, 9.17) is 9.90 Å². The molecule has 0 spiro atoms. The van der Waals surface area contributed by atoms with Gasteiger partial charge in [-0.2, -0.15) is 0 Å². The first-order chi connectivity index (χ1) is 7.93. The fourth-order valence-corrected chi connectivity index (χ4v) is 3.19. The Morgan fingerprint density at radius 2 is 1.76 bits per heavy atom. The van der Waals surface area contributed by atoms with E-state index in [0.717, 1.165) is 12.2 Å². The van der Waals surface area contributed by atoms with Crippen LogP contribution in [0.15, 0.2) is 30.3 Å². The number of benzene rings is 1. The van der Waals surface area contributed by atoms with Crippen molar-refractivity contribution in [3.63, 3.8) is 0 Å². The monoisotopic (exact) mass is 304 g/mol. The Labute approximate surface area is 109 Å². The molecule has 0 saturated carbocycles. The summed E-state index contributed by atoms with van der Waals surface area (Å²) < 4.78 is 1.37. The van der Waals surface area contributed by atoms with E-state index >= 15 is 0 Å². The first-order valence-corrected chi connectivity index (χ1v) is 7.55. The van der Waals surface area contributed by atoms with Crippen molar-refractivity contribution >= 4 is 25.4 Å². The number of rotatable bonds is 4. The Bertz CT molecular complexity index is 308. The molecule has 17 heavy (non-hydrogen) atoms. The Morgan fingerprint density at radius 1 is 1.29 bits per heavy atom. The zero-order valence-electron chi connectivity index (χ0n) is 10.5. The number of carboxylic acid groups (broad SMARTS) is 1. The van der Waals surface area contributed by atoms with Crippen LogP contribution < -0.4 is 4.46 Å². The van der Waals surface area contributed by atoms with Crippen LogP contribution in [-0.2, 0) is 4.79 Å². The summed E-state index contributed by atoms with van der Waals surface area (Å²) >= 11 is 0.422. The third-order valence-corrected chi connectivity index (χ3v) is 4.27. The van der Waals surface area contributed by atoms with Crippen LogP contribution in [0.5, 0.6) is 0 Å². The molecule has 0 radical (unpaired) electrons. The quantitative estimate of drug-likeness (QED) is 0.830. The Kier molecular flexibility index (Phi) is 8.77. The van der Waals surface area contributed by atoms with Crippen LogP contribution in [0.1, 0.15) is 20.8 Å². The van der Waals surface area contributed by atoms with E-state index in [0.29, 0.717) is 20.9 Å². The number of aliphatic carboxylic acids is 1. The molecule has 0 amide bonds. The summed E-state index contributed by atoms with van der Waals surface area (Å²) in [5, 5.41) is 17.9. The SMILES string of the molecule is CC(=O)O.CC(C)C(O)C[Se]c1ccccc1. The molecule has 1 atom stereocenters. The van der Waals surface area contributed by atoms with Crippen LogP contribution in [0.2, 0.25) is 5.32 Å². The molecule has 1 unspecified atom stereocenters. The maximum atomic E-state index is 9.60. The van der Waals surface area contributed by atoms with Gasteiger partial charge in [0, 0.05) is 6.92 Å². The molecule has 0 aliphatic heterocycles. The molecular formula is C13H20O3Se. The van der Waals surface area contributed by atoms with Crippen LogP contribution in [0.25, 0.3) is 0 Å². The number of hydrogen-bond donors (Lipinski definition) is 2. The van der Waals surface area contributed by atoms with Crippen molar-refractivity contribution < 1.29 is 15.0 Å². The predicted octanol–water partition coefficient (Wildman–Crippen LogP) is 1.54. The number of aliphatic hydroxyl groups is 1. The van der Waals surface area contributed by atoms with Gasteiger partial charge in [0.05, 0.1) is 0 Å². The fourth-order valence-electron chi connectivity index (χ4n) is 0.891. The van der Waals surface area contributed by atoms with E-state index in [1.807, 2.05) is 6.07 Å². The van der Waals surface area contributed by atoms with Crippen molar-refractivity contribution in [3.8, 4) is 0 Å². The number of carbonyl (C=O) groups is 1. The second-order valence-electron chi connectivity index (χ2n) is 3.95.